The van der Waals surface area contributed by atoms with Crippen molar-refractivity contribution in [1.82, 2.24) is 4.90 Å². The summed E-state index contributed by atoms with van der Waals surface area (Å²) in [5.41, 5.74) is 2.13. The monoisotopic (exact) mass is 412 g/mol. The molecule has 3 rings (SSSR count). The molecule has 156 valence electrons. The highest BCUT2D eigenvalue weighted by atomic mass is 32.2. The van der Waals surface area contributed by atoms with E-state index in [0.717, 1.165) is 28.6 Å². The number of nitrogens with zero attached hydrogens (tertiary/aromatic N) is 1. The molecule has 4 nitrogen and oxygen atoms in total. The standard InChI is InChI=1S/C24H32N2O2S/c1-26(20-9-4-3-5-10-20)18-19-8-6-7-11-23(19)25-24(27)16-17-29-22-14-12-21(28-2)13-15-22/h6-8,11-15,20H,3-5,9-10,16-18H2,1-2H3,(H,25,27). The number of rotatable bonds is 9. The van der Waals surface area contributed by atoms with E-state index in [2.05, 4.69) is 29.4 Å². The Balaban J connectivity index is 1.49. The summed E-state index contributed by atoms with van der Waals surface area (Å²) in [6.45, 7) is 0.877. The summed E-state index contributed by atoms with van der Waals surface area (Å²) in [7, 11) is 3.87. The van der Waals surface area contributed by atoms with E-state index in [1.807, 2.05) is 36.4 Å². The molecule has 29 heavy (non-hydrogen) atoms. The van der Waals surface area contributed by atoms with E-state index < -0.39 is 0 Å². The Kier molecular flexibility index (Phi) is 8.44. The second-order valence-corrected chi connectivity index (χ2v) is 8.85. The number of thioether (sulfide) groups is 1. The Bertz CT molecular complexity index is 773. The molecular weight excluding hydrogens is 380 g/mol. The lowest BCUT2D eigenvalue weighted by Crippen LogP contribution is -2.33. The van der Waals surface area contributed by atoms with Gasteiger partial charge in [-0.1, -0.05) is 37.5 Å². The van der Waals surface area contributed by atoms with Gasteiger partial charge in [-0.15, -0.1) is 11.8 Å². The maximum absolute atomic E-state index is 12.5. The molecule has 0 heterocycles. The average molecular weight is 413 g/mol. The van der Waals surface area contributed by atoms with Crippen molar-refractivity contribution in [2.45, 2.75) is 56.0 Å². The molecule has 0 radical (unpaired) electrons. The number of hydrogen-bond donors (Lipinski definition) is 1. The molecular formula is C24H32N2O2S. The molecule has 0 saturated heterocycles. The first kappa shape index (κ1) is 21.7. The molecule has 0 atom stereocenters. The number of benzene rings is 2. The quantitative estimate of drug-likeness (QED) is 0.546. The molecule has 0 spiro atoms. The Morgan fingerprint density at radius 2 is 1.83 bits per heavy atom. The smallest absolute Gasteiger partial charge is 0.225 e. The van der Waals surface area contributed by atoms with Gasteiger partial charge in [-0.3, -0.25) is 9.69 Å². The number of nitrogens with one attached hydrogen (secondary N) is 1. The third kappa shape index (κ3) is 6.79. The van der Waals surface area contributed by atoms with Crippen LogP contribution in [0.4, 0.5) is 5.69 Å². The Morgan fingerprint density at radius 1 is 1.10 bits per heavy atom. The summed E-state index contributed by atoms with van der Waals surface area (Å²) in [5, 5.41) is 3.12. The van der Waals surface area contributed by atoms with Gasteiger partial charge in [0.15, 0.2) is 0 Å². The van der Waals surface area contributed by atoms with Crippen LogP contribution in [0.1, 0.15) is 44.1 Å². The number of hydrogen-bond acceptors (Lipinski definition) is 4. The van der Waals surface area contributed by atoms with Gasteiger partial charge in [0.1, 0.15) is 5.75 Å². The zero-order chi connectivity index (χ0) is 20.5. The van der Waals surface area contributed by atoms with Crippen LogP contribution in [0.2, 0.25) is 0 Å². The zero-order valence-electron chi connectivity index (χ0n) is 17.5. The topological polar surface area (TPSA) is 41.6 Å². The van der Waals surface area contributed by atoms with Crippen molar-refractivity contribution in [2.75, 3.05) is 25.2 Å². The fraction of sp³-hybridized carbons (Fsp3) is 0.458. The molecule has 0 aromatic heterocycles. The molecule has 0 unspecified atom stereocenters. The highest BCUT2D eigenvalue weighted by Crippen LogP contribution is 2.25. The Hall–Kier alpha value is -1.98. The number of amides is 1. The number of carbonyl (C=O) groups excluding carboxylic acids is 1. The summed E-state index contributed by atoms with van der Waals surface area (Å²) < 4.78 is 5.18. The van der Waals surface area contributed by atoms with Crippen LogP contribution in [-0.4, -0.2) is 36.8 Å². The predicted molar refractivity (Wildman–Crippen MR) is 122 cm³/mol. The maximum atomic E-state index is 12.5. The Morgan fingerprint density at radius 3 is 2.55 bits per heavy atom. The van der Waals surface area contributed by atoms with E-state index in [1.165, 1.54) is 37.7 Å². The second-order valence-electron chi connectivity index (χ2n) is 7.69. The van der Waals surface area contributed by atoms with Crippen LogP contribution in [0.5, 0.6) is 5.75 Å². The van der Waals surface area contributed by atoms with Crippen molar-refractivity contribution in [1.29, 1.82) is 0 Å². The normalized spacial score (nSPS) is 14.7. The van der Waals surface area contributed by atoms with E-state index in [-0.39, 0.29) is 5.91 Å². The van der Waals surface area contributed by atoms with Gasteiger partial charge in [0.05, 0.1) is 7.11 Å². The highest BCUT2D eigenvalue weighted by Gasteiger charge is 2.19. The largest absolute Gasteiger partial charge is 0.497 e. The molecule has 1 fully saturated rings. The molecule has 0 aliphatic heterocycles. The van der Waals surface area contributed by atoms with E-state index >= 15 is 0 Å². The van der Waals surface area contributed by atoms with Gasteiger partial charge >= 0.3 is 0 Å². The van der Waals surface area contributed by atoms with Gasteiger partial charge in [-0.2, -0.15) is 0 Å². The van der Waals surface area contributed by atoms with E-state index in [4.69, 9.17) is 4.74 Å². The predicted octanol–water partition coefficient (Wildman–Crippen LogP) is 5.58. The van der Waals surface area contributed by atoms with E-state index in [9.17, 15) is 4.79 Å². The van der Waals surface area contributed by atoms with Crippen LogP contribution < -0.4 is 10.1 Å². The first-order chi connectivity index (χ1) is 14.2. The summed E-state index contributed by atoms with van der Waals surface area (Å²) in [4.78, 5) is 16.1. The van der Waals surface area contributed by atoms with Crippen molar-refractivity contribution >= 4 is 23.4 Å². The van der Waals surface area contributed by atoms with Gasteiger partial charge in [-0.05, 0) is 55.8 Å². The lowest BCUT2D eigenvalue weighted by atomic mass is 9.94. The molecule has 1 N–H and O–H groups in total. The van der Waals surface area contributed by atoms with Gasteiger partial charge in [0, 0.05) is 35.3 Å². The molecule has 2 aromatic rings. The van der Waals surface area contributed by atoms with Crippen LogP contribution in [0.3, 0.4) is 0 Å². The lowest BCUT2D eigenvalue weighted by Gasteiger charge is -2.31. The van der Waals surface area contributed by atoms with Crippen molar-refractivity contribution in [3.63, 3.8) is 0 Å². The van der Waals surface area contributed by atoms with Gasteiger partial charge in [-0.25, -0.2) is 0 Å². The minimum absolute atomic E-state index is 0.0683. The molecule has 0 bridgehead atoms. The van der Waals surface area contributed by atoms with Crippen LogP contribution in [-0.2, 0) is 11.3 Å². The third-order valence-corrected chi connectivity index (χ3v) is 6.58. The van der Waals surface area contributed by atoms with Crippen molar-refractivity contribution < 1.29 is 9.53 Å². The first-order valence-electron chi connectivity index (χ1n) is 10.5. The van der Waals surface area contributed by atoms with Crippen molar-refractivity contribution in [3.05, 3.63) is 54.1 Å². The van der Waals surface area contributed by atoms with Crippen molar-refractivity contribution in [2.24, 2.45) is 0 Å². The fourth-order valence-electron chi connectivity index (χ4n) is 3.85. The SMILES string of the molecule is COc1ccc(SCCC(=O)Nc2ccccc2CN(C)C2CCCCC2)cc1. The van der Waals surface area contributed by atoms with E-state index in [0.29, 0.717) is 12.5 Å². The van der Waals surface area contributed by atoms with Crippen LogP contribution in [0.15, 0.2) is 53.4 Å². The van der Waals surface area contributed by atoms with Crippen LogP contribution in [0.25, 0.3) is 0 Å². The molecule has 2 aromatic carbocycles. The van der Waals surface area contributed by atoms with Gasteiger partial charge in [0.2, 0.25) is 5.91 Å². The number of ether oxygens (including phenoxy) is 1. The molecule has 5 heteroatoms. The number of anilines is 1. The van der Waals surface area contributed by atoms with Crippen molar-refractivity contribution in [3.8, 4) is 5.75 Å². The summed E-state index contributed by atoms with van der Waals surface area (Å²) >= 11 is 1.69. The molecule has 1 aliphatic carbocycles. The second kappa shape index (κ2) is 11.3. The lowest BCUT2D eigenvalue weighted by molar-refractivity contribution is -0.115. The number of methoxy groups -OCH3 is 1. The maximum Gasteiger partial charge on any atom is 0.225 e. The summed E-state index contributed by atoms with van der Waals surface area (Å²) in [5.74, 6) is 1.67. The fourth-order valence-corrected chi connectivity index (χ4v) is 4.70. The first-order valence-corrected chi connectivity index (χ1v) is 11.5. The highest BCUT2D eigenvalue weighted by molar-refractivity contribution is 7.99. The minimum Gasteiger partial charge on any atom is -0.497 e. The number of para-hydroxylation sites is 1. The summed E-state index contributed by atoms with van der Waals surface area (Å²) in [6.07, 6.45) is 7.09. The molecule has 1 amide bonds. The van der Waals surface area contributed by atoms with Crippen LogP contribution >= 0.6 is 11.8 Å². The third-order valence-electron chi connectivity index (χ3n) is 5.57. The van der Waals surface area contributed by atoms with Gasteiger partial charge < -0.3 is 10.1 Å². The molecule has 1 saturated carbocycles. The summed E-state index contributed by atoms with van der Waals surface area (Å²) in [6, 6.07) is 16.8. The van der Waals surface area contributed by atoms with Crippen LogP contribution in [0, 0.1) is 0 Å². The zero-order valence-corrected chi connectivity index (χ0v) is 18.3. The Labute approximate surface area is 179 Å². The minimum atomic E-state index is 0.0683. The molecule has 1 aliphatic rings. The van der Waals surface area contributed by atoms with Gasteiger partial charge in [0.25, 0.3) is 0 Å². The van der Waals surface area contributed by atoms with E-state index in [1.54, 1.807) is 18.9 Å². The average Bonchev–Trinajstić information content (AvgIpc) is 2.76. The number of carbonyl (C=O) groups is 1.